The second-order valence-electron chi connectivity index (χ2n) is 6.81. The molecule has 6 heteroatoms. The molecule has 1 saturated heterocycles. The Morgan fingerprint density at radius 3 is 2.41 bits per heavy atom. The highest BCUT2D eigenvalue weighted by Crippen LogP contribution is 2.24. The molecule has 0 atom stereocenters. The molecule has 0 aromatic carbocycles. The maximum Gasteiger partial charge on any atom is 0.410 e. The van der Waals surface area contributed by atoms with E-state index >= 15 is 0 Å². The Morgan fingerprint density at radius 2 is 1.86 bits per heavy atom. The van der Waals surface area contributed by atoms with Crippen molar-refractivity contribution in [3.8, 4) is 0 Å². The molecule has 1 fully saturated rings. The molecule has 5 nitrogen and oxygen atoms in total. The molecule has 1 aliphatic rings. The number of carboxylic acids is 1. The summed E-state index contributed by atoms with van der Waals surface area (Å²) in [7, 11) is 0. The highest BCUT2D eigenvalue weighted by atomic mass is 32.2. The van der Waals surface area contributed by atoms with E-state index in [0.29, 0.717) is 5.92 Å². The number of nitrogens with zero attached hydrogens (tertiary/aromatic N) is 1. The van der Waals surface area contributed by atoms with Crippen LogP contribution in [0.5, 0.6) is 0 Å². The number of amides is 1. The Morgan fingerprint density at radius 1 is 1.23 bits per heavy atom. The summed E-state index contributed by atoms with van der Waals surface area (Å²) in [6, 6.07) is 0. The first-order valence-electron chi connectivity index (χ1n) is 8.05. The maximum atomic E-state index is 12.0. The number of carbonyl (C=O) groups excluding carboxylic acids is 1. The predicted molar refractivity (Wildman–Crippen MR) is 89.3 cm³/mol. The van der Waals surface area contributed by atoms with Gasteiger partial charge in [-0.05, 0) is 63.9 Å². The summed E-state index contributed by atoms with van der Waals surface area (Å²) in [5.41, 5.74) is -0.430. The van der Waals surface area contributed by atoms with Crippen LogP contribution in [0.25, 0.3) is 0 Å². The molecule has 0 aromatic rings. The zero-order valence-electron chi connectivity index (χ0n) is 14.0. The van der Waals surface area contributed by atoms with E-state index in [-0.39, 0.29) is 12.5 Å². The van der Waals surface area contributed by atoms with Crippen molar-refractivity contribution in [1.29, 1.82) is 0 Å². The van der Waals surface area contributed by atoms with Crippen molar-refractivity contribution in [2.45, 2.75) is 58.5 Å². The van der Waals surface area contributed by atoms with Gasteiger partial charge < -0.3 is 14.7 Å². The number of likely N-dealkylation sites (tertiary alicyclic amines) is 1. The first kappa shape index (κ1) is 19.1. The number of ether oxygens (including phenoxy) is 1. The zero-order valence-corrected chi connectivity index (χ0v) is 14.8. The third kappa shape index (κ3) is 8.51. The highest BCUT2D eigenvalue weighted by molar-refractivity contribution is 7.99. The fourth-order valence-electron chi connectivity index (χ4n) is 2.41. The molecule has 1 heterocycles. The van der Waals surface area contributed by atoms with Gasteiger partial charge in [0.25, 0.3) is 0 Å². The van der Waals surface area contributed by atoms with Gasteiger partial charge in [-0.15, -0.1) is 0 Å². The van der Waals surface area contributed by atoms with Crippen molar-refractivity contribution < 1.29 is 19.4 Å². The minimum Gasteiger partial charge on any atom is -0.481 e. The largest absolute Gasteiger partial charge is 0.481 e. The molecule has 1 amide bonds. The SMILES string of the molecule is CC(C)(C)OC(=O)N1CCC(CCSCCCC(=O)O)CC1. The molecular weight excluding hydrogens is 302 g/mol. The molecule has 0 aliphatic carbocycles. The van der Waals surface area contributed by atoms with Gasteiger partial charge in [-0.3, -0.25) is 4.79 Å². The van der Waals surface area contributed by atoms with Gasteiger partial charge in [0.2, 0.25) is 0 Å². The molecule has 0 unspecified atom stereocenters. The van der Waals surface area contributed by atoms with E-state index < -0.39 is 11.6 Å². The second-order valence-corrected chi connectivity index (χ2v) is 8.03. The fourth-order valence-corrected chi connectivity index (χ4v) is 3.46. The van der Waals surface area contributed by atoms with Crippen LogP contribution in [0.2, 0.25) is 0 Å². The molecule has 0 radical (unpaired) electrons. The zero-order chi connectivity index (χ0) is 16.6. The molecule has 128 valence electrons. The van der Waals surface area contributed by atoms with E-state index in [1.807, 2.05) is 37.4 Å². The third-order valence-electron chi connectivity index (χ3n) is 3.62. The van der Waals surface area contributed by atoms with Crippen LogP contribution in [-0.2, 0) is 9.53 Å². The van der Waals surface area contributed by atoms with Crippen molar-refractivity contribution in [3.05, 3.63) is 0 Å². The van der Waals surface area contributed by atoms with Crippen LogP contribution in [-0.4, -0.2) is 52.3 Å². The predicted octanol–water partition coefficient (Wildman–Crippen LogP) is 3.62. The second kappa shape index (κ2) is 9.28. The van der Waals surface area contributed by atoms with Gasteiger partial charge in [0.05, 0.1) is 0 Å². The van der Waals surface area contributed by atoms with E-state index in [9.17, 15) is 9.59 Å². The van der Waals surface area contributed by atoms with E-state index in [4.69, 9.17) is 9.84 Å². The normalized spacial score (nSPS) is 16.6. The molecule has 1 rings (SSSR count). The number of aliphatic carboxylic acids is 1. The Bertz CT molecular complexity index is 360. The number of piperidine rings is 1. The maximum absolute atomic E-state index is 12.0. The van der Waals surface area contributed by atoms with Crippen LogP contribution >= 0.6 is 11.8 Å². The highest BCUT2D eigenvalue weighted by Gasteiger charge is 2.26. The van der Waals surface area contributed by atoms with E-state index in [1.165, 1.54) is 0 Å². The molecular formula is C16H29NO4S. The lowest BCUT2D eigenvalue weighted by molar-refractivity contribution is -0.137. The number of hydrogen-bond donors (Lipinski definition) is 1. The minimum absolute atomic E-state index is 0.200. The van der Waals surface area contributed by atoms with Crippen LogP contribution in [0.15, 0.2) is 0 Å². The van der Waals surface area contributed by atoms with Crippen LogP contribution in [0, 0.1) is 5.92 Å². The topological polar surface area (TPSA) is 66.8 Å². The quantitative estimate of drug-likeness (QED) is 0.722. The Balaban J connectivity index is 2.10. The van der Waals surface area contributed by atoms with Gasteiger partial charge in [0.15, 0.2) is 0 Å². The average molecular weight is 331 g/mol. The Hall–Kier alpha value is -0.910. The lowest BCUT2D eigenvalue weighted by Crippen LogP contribution is -2.41. The molecule has 0 bridgehead atoms. The molecule has 1 aliphatic heterocycles. The molecule has 0 saturated carbocycles. The number of thioether (sulfide) groups is 1. The third-order valence-corrected chi connectivity index (χ3v) is 4.72. The first-order valence-corrected chi connectivity index (χ1v) is 9.21. The first-order chi connectivity index (χ1) is 10.3. The Labute approximate surface area is 137 Å². The lowest BCUT2D eigenvalue weighted by atomic mass is 9.95. The smallest absolute Gasteiger partial charge is 0.410 e. The van der Waals surface area contributed by atoms with E-state index in [2.05, 4.69) is 0 Å². The molecule has 0 aromatic heterocycles. The van der Waals surface area contributed by atoms with Gasteiger partial charge in [-0.2, -0.15) is 11.8 Å². The number of rotatable bonds is 7. The summed E-state index contributed by atoms with van der Waals surface area (Å²) in [4.78, 5) is 24.2. The Kier molecular flexibility index (Phi) is 8.07. The standard InChI is InChI=1S/C16H29NO4S/c1-16(2,3)21-15(20)17-9-6-13(7-10-17)8-12-22-11-4-5-14(18)19/h13H,4-12H2,1-3H3,(H,18,19). The van der Waals surface area contributed by atoms with Crippen LogP contribution in [0.1, 0.15) is 52.9 Å². The van der Waals surface area contributed by atoms with Crippen LogP contribution < -0.4 is 0 Å². The van der Waals surface area contributed by atoms with E-state index in [1.54, 1.807) is 0 Å². The minimum atomic E-state index is -0.713. The summed E-state index contributed by atoms with van der Waals surface area (Å²) in [6.07, 6.45) is 4.04. The summed E-state index contributed by atoms with van der Waals surface area (Å²) in [5.74, 6) is 1.96. The van der Waals surface area contributed by atoms with Gasteiger partial charge in [0, 0.05) is 19.5 Å². The van der Waals surface area contributed by atoms with Gasteiger partial charge in [-0.1, -0.05) is 0 Å². The van der Waals surface area contributed by atoms with Gasteiger partial charge in [0.1, 0.15) is 5.60 Å². The summed E-state index contributed by atoms with van der Waals surface area (Å²) >= 11 is 1.84. The van der Waals surface area contributed by atoms with Crippen molar-refractivity contribution in [1.82, 2.24) is 4.90 Å². The number of carbonyl (C=O) groups is 2. The molecule has 22 heavy (non-hydrogen) atoms. The summed E-state index contributed by atoms with van der Waals surface area (Å²) in [5, 5.41) is 8.56. The average Bonchev–Trinajstić information content (AvgIpc) is 2.41. The molecule has 0 spiro atoms. The van der Waals surface area contributed by atoms with Crippen molar-refractivity contribution in [2.24, 2.45) is 5.92 Å². The van der Waals surface area contributed by atoms with Crippen molar-refractivity contribution in [3.63, 3.8) is 0 Å². The number of hydrogen-bond acceptors (Lipinski definition) is 4. The van der Waals surface area contributed by atoms with Crippen LogP contribution in [0.4, 0.5) is 4.79 Å². The van der Waals surface area contributed by atoms with Gasteiger partial charge in [-0.25, -0.2) is 4.79 Å². The van der Waals surface area contributed by atoms with Crippen LogP contribution in [0.3, 0.4) is 0 Å². The monoisotopic (exact) mass is 331 g/mol. The number of carboxylic acid groups (broad SMARTS) is 1. The van der Waals surface area contributed by atoms with Crippen molar-refractivity contribution >= 4 is 23.8 Å². The fraction of sp³-hybridized carbons (Fsp3) is 0.875. The molecule has 1 N–H and O–H groups in total. The van der Waals surface area contributed by atoms with E-state index in [0.717, 1.165) is 50.3 Å². The summed E-state index contributed by atoms with van der Waals surface area (Å²) < 4.78 is 5.39. The lowest BCUT2D eigenvalue weighted by Gasteiger charge is -2.33. The van der Waals surface area contributed by atoms with Gasteiger partial charge >= 0.3 is 12.1 Å². The van der Waals surface area contributed by atoms with Crippen molar-refractivity contribution in [2.75, 3.05) is 24.6 Å². The summed E-state index contributed by atoms with van der Waals surface area (Å²) in [6.45, 7) is 7.23.